The number of rotatable bonds is 4. The average Bonchev–Trinajstić information content (AvgIpc) is 3.24. The minimum Gasteiger partial charge on any atom is -0.352 e. The van der Waals surface area contributed by atoms with Crippen LogP contribution in [0.5, 0.6) is 0 Å². The maximum absolute atomic E-state index is 12.3. The van der Waals surface area contributed by atoms with Crippen LogP contribution < -0.4 is 16.2 Å². The molecule has 2 aliphatic heterocycles. The Kier molecular flexibility index (Phi) is 5.25. The summed E-state index contributed by atoms with van der Waals surface area (Å²) in [5.74, 6) is 1.76. The molecule has 2 aliphatic rings. The second-order valence-electron chi connectivity index (χ2n) is 6.30. The first-order valence-corrected chi connectivity index (χ1v) is 9.28. The Balaban J connectivity index is 1.50. The molecule has 2 amide bonds. The van der Waals surface area contributed by atoms with Crippen LogP contribution in [0, 0.1) is 12.8 Å². The largest absolute Gasteiger partial charge is 0.352 e. The second kappa shape index (κ2) is 7.40. The quantitative estimate of drug-likeness (QED) is 0.706. The molecule has 1 aromatic rings. The number of thioether (sulfide) groups is 1. The molecule has 2 saturated heterocycles. The van der Waals surface area contributed by atoms with Gasteiger partial charge in [-0.2, -0.15) is 0 Å². The van der Waals surface area contributed by atoms with E-state index in [2.05, 4.69) is 15.6 Å². The molecule has 0 spiro atoms. The topological polar surface area (TPSA) is 94.3 Å². The van der Waals surface area contributed by atoms with Gasteiger partial charge in [-0.15, -0.1) is 11.8 Å². The summed E-state index contributed by atoms with van der Waals surface area (Å²) in [6.07, 6.45) is 0.713. The van der Waals surface area contributed by atoms with Crippen LogP contribution in [0.2, 0.25) is 0 Å². The molecular formula is C16H22N4O3S. The molecule has 3 rings (SSSR count). The average molecular weight is 350 g/mol. The van der Waals surface area contributed by atoms with Gasteiger partial charge in [-0.1, -0.05) is 0 Å². The molecule has 0 aromatic carbocycles. The Morgan fingerprint density at radius 1 is 1.42 bits per heavy atom. The van der Waals surface area contributed by atoms with Gasteiger partial charge in [0.05, 0.1) is 11.9 Å². The van der Waals surface area contributed by atoms with Crippen molar-refractivity contribution in [3.05, 3.63) is 33.7 Å². The highest BCUT2D eigenvalue weighted by Gasteiger charge is 2.33. The van der Waals surface area contributed by atoms with Crippen LogP contribution in [0.25, 0.3) is 0 Å². The van der Waals surface area contributed by atoms with E-state index in [4.69, 9.17) is 0 Å². The van der Waals surface area contributed by atoms with E-state index >= 15 is 0 Å². The normalized spacial score (nSPS) is 23.5. The van der Waals surface area contributed by atoms with Crippen molar-refractivity contribution < 1.29 is 9.59 Å². The van der Waals surface area contributed by atoms with E-state index < -0.39 is 0 Å². The predicted octanol–water partition coefficient (Wildman–Crippen LogP) is -0.0759. The standard InChI is InChI=1S/C16H22N4O3S/c1-10-2-3-12(15(22)19-10)14(21)18-8-11-6-13(17-7-11)16(23)20-4-5-24-9-20/h2-3,11,13,17H,4-9H2,1H3,(H,18,21)(H,19,22)/t11-,13-/m0/s1. The van der Waals surface area contributed by atoms with Crippen molar-refractivity contribution in [1.82, 2.24) is 20.5 Å². The van der Waals surface area contributed by atoms with E-state index in [1.165, 1.54) is 6.07 Å². The second-order valence-corrected chi connectivity index (χ2v) is 7.37. The molecule has 2 atom stereocenters. The number of aryl methyl sites for hydroxylation is 1. The third kappa shape index (κ3) is 3.81. The fourth-order valence-corrected chi connectivity index (χ4v) is 4.00. The highest BCUT2D eigenvalue weighted by Crippen LogP contribution is 2.19. The summed E-state index contributed by atoms with van der Waals surface area (Å²) < 4.78 is 0. The van der Waals surface area contributed by atoms with Gasteiger partial charge in [0.15, 0.2) is 0 Å². The van der Waals surface area contributed by atoms with E-state index in [0.717, 1.165) is 23.9 Å². The van der Waals surface area contributed by atoms with Gasteiger partial charge in [-0.25, -0.2) is 0 Å². The highest BCUT2D eigenvalue weighted by molar-refractivity contribution is 7.99. The van der Waals surface area contributed by atoms with Crippen LogP contribution in [0.3, 0.4) is 0 Å². The maximum atomic E-state index is 12.3. The number of carbonyl (C=O) groups excluding carboxylic acids is 2. The number of aromatic nitrogens is 1. The number of nitrogens with zero attached hydrogens (tertiary/aromatic N) is 1. The zero-order valence-electron chi connectivity index (χ0n) is 13.6. The molecule has 3 N–H and O–H groups in total. The fraction of sp³-hybridized carbons (Fsp3) is 0.562. The molecule has 0 saturated carbocycles. The minimum absolute atomic E-state index is 0.119. The molecule has 0 radical (unpaired) electrons. The molecule has 3 heterocycles. The number of hydrogen-bond acceptors (Lipinski definition) is 5. The lowest BCUT2D eigenvalue weighted by Crippen LogP contribution is -2.42. The van der Waals surface area contributed by atoms with Crippen LogP contribution in [0.15, 0.2) is 16.9 Å². The lowest BCUT2D eigenvalue weighted by Gasteiger charge is -2.19. The molecule has 7 nitrogen and oxygen atoms in total. The molecule has 8 heteroatoms. The van der Waals surface area contributed by atoms with E-state index in [1.807, 2.05) is 4.90 Å². The van der Waals surface area contributed by atoms with Gasteiger partial charge in [0, 0.05) is 31.1 Å². The third-order valence-corrected chi connectivity index (χ3v) is 5.40. The zero-order chi connectivity index (χ0) is 17.1. The van der Waals surface area contributed by atoms with Crippen LogP contribution >= 0.6 is 11.8 Å². The van der Waals surface area contributed by atoms with Crippen molar-refractivity contribution in [3.63, 3.8) is 0 Å². The molecular weight excluding hydrogens is 328 g/mol. The monoisotopic (exact) mass is 350 g/mol. The molecule has 1 aromatic heterocycles. The molecule has 0 unspecified atom stereocenters. The lowest BCUT2D eigenvalue weighted by atomic mass is 10.0. The van der Waals surface area contributed by atoms with Crippen molar-refractivity contribution in [2.24, 2.45) is 5.92 Å². The van der Waals surface area contributed by atoms with Gasteiger partial charge < -0.3 is 20.5 Å². The maximum Gasteiger partial charge on any atom is 0.260 e. The van der Waals surface area contributed by atoms with Gasteiger partial charge in [0.1, 0.15) is 5.56 Å². The Morgan fingerprint density at radius 2 is 2.25 bits per heavy atom. The smallest absolute Gasteiger partial charge is 0.260 e. The summed E-state index contributed by atoms with van der Waals surface area (Å²) in [7, 11) is 0. The van der Waals surface area contributed by atoms with Crippen LogP contribution in [0.4, 0.5) is 0 Å². The number of aromatic amines is 1. The van der Waals surface area contributed by atoms with Gasteiger partial charge in [0.2, 0.25) is 5.91 Å². The van der Waals surface area contributed by atoms with Crippen molar-refractivity contribution in [1.29, 1.82) is 0 Å². The van der Waals surface area contributed by atoms with Gasteiger partial charge >= 0.3 is 0 Å². The molecule has 0 aliphatic carbocycles. The number of hydrogen-bond donors (Lipinski definition) is 3. The Bertz CT molecular complexity index is 684. The Hall–Kier alpha value is -1.80. The molecule has 0 bridgehead atoms. The zero-order valence-corrected chi connectivity index (χ0v) is 14.4. The third-order valence-electron chi connectivity index (χ3n) is 4.44. The first kappa shape index (κ1) is 17.0. The Morgan fingerprint density at radius 3 is 2.96 bits per heavy atom. The van der Waals surface area contributed by atoms with Crippen LogP contribution in [-0.2, 0) is 4.79 Å². The summed E-state index contributed by atoms with van der Waals surface area (Å²) >= 11 is 1.77. The highest BCUT2D eigenvalue weighted by atomic mass is 32.2. The van der Waals surface area contributed by atoms with Crippen molar-refractivity contribution >= 4 is 23.6 Å². The SMILES string of the molecule is Cc1ccc(C(=O)NC[C@@H]2CN[C@H](C(=O)N3CCSC3)C2)c(=O)[nH]1. The lowest BCUT2D eigenvalue weighted by molar-refractivity contribution is -0.131. The molecule has 130 valence electrons. The summed E-state index contributed by atoms with van der Waals surface area (Å²) in [4.78, 5) is 40.8. The number of nitrogens with one attached hydrogen (secondary N) is 3. The van der Waals surface area contributed by atoms with E-state index in [-0.39, 0.29) is 34.9 Å². The van der Waals surface area contributed by atoms with Crippen molar-refractivity contribution in [2.75, 3.05) is 31.3 Å². The number of carbonyl (C=O) groups is 2. The van der Waals surface area contributed by atoms with Gasteiger partial charge in [-0.3, -0.25) is 14.4 Å². The van der Waals surface area contributed by atoms with Gasteiger partial charge in [0.25, 0.3) is 11.5 Å². The summed E-state index contributed by atoms with van der Waals surface area (Å²) in [5.41, 5.74) is 0.461. The summed E-state index contributed by atoms with van der Waals surface area (Å²) in [5, 5.41) is 6.05. The van der Waals surface area contributed by atoms with Crippen molar-refractivity contribution in [2.45, 2.75) is 19.4 Å². The first-order chi connectivity index (χ1) is 11.5. The molecule has 24 heavy (non-hydrogen) atoms. The van der Waals surface area contributed by atoms with E-state index in [1.54, 1.807) is 24.8 Å². The Labute approximate surface area is 144 Å². The fourth-order valence-electron chi connectivity index (χ4n) is 3.04. The van der Waals surface area contributed by atoms with Crippen molar-refractivity contribution in [3.8, 4) is 0 Å². The first-order valence-electron chi connectivity index (χ1n) is 8.12. The van der Waals surface area contributed by atoms with Crippen LogP contribution in [0.1, 0.15) is 22.5 Å². The van der Waals surface area contributed by atoms with Gasteiger partial charge in [-0.05, 0) is 31.4 Å². The van der Waals surface area contributed by atoms with E-state index in [9.17, 15) is 14.4 Å². The summed E-state index contributed by atoms with van der Waals surface area (Å²) in [6.45, 7) is 3.74. The molecule has 2 fully saturated rings. The van der Waals surface area contributed by atoms with E-state index in [0.29, 0.717) is 19.5 Å². The predicted molar refractivity (Wildman–Crippen MR) is 93.1 cm³/mol. The van der Waals surface area contributed by atoms with Crippen LogP contribution in [-0.4, -0.2) is 59.0 Å². The number of pyridine rings is 1. The summed E-state index contributed by atoms with van der Waals surface area (Å²) in [6, 6.07) is 3.08. The number of H-pyrrole nitrogens is 1. The number of amides is 2. The minimum atomic E-state index is -0.378.